The molecule has 0 aromatic heterocycles. The molecule has 0 radical (unpaired) electrons. The van der Waals surface area contributed by atoms with Crippen molar-refractivity contribution in [2.24, 2.45) is 10.1 Å². The molecule has 0 saturated carbocycles. The van der Waals surface area contributed by atoms with E-state index < -0.39 is 10.0 Å². The van der Waals surface area contributed by atoms with Gasteiger partial charge in [0.05, 0.1) is 33.1 Å². The van der Waals surface area contributed by atoms with E-state index in [2.05, 4.69) is 15.4 Å². The Morgan fingerprint density at radius 2 is 2.06 bits per heavy atom. The summed E-state index contributed by atoms with van der Waals surface area (Å²) in [5.74, 6) is -0.256. The Morgan fingerprint density at radius 3 is 2.84 bits per heavy atom. The molecule has 0 aliphatic carbocycles. The zero-order valence-electron chi connectivity index (χ0n) is 16.8. The first kappa shape index (κ1) is 21.8. The number of hydrazone groups is 1. The molecule has 0 fully saturated rings. The second kappa shape index (κ2) is 8.62. The largest absolute Gasteiger partial charge is 0.324 e. The lowest BCUT2D eigenvalue weighted by molar-refractivity contribution is -0.113. The van der Waals surface area contributed by atoms with E-state index in [4.69, 9.17) is 11.6 Å². The van der Waals surface area contributed by atoms with Crippen molar-refractivity contribution in [2.75, 3.05) is 25.2 Å². The third kappa shape index (κ3) is 4.33. The van der Waals surface area contributed by atoms with Crippen LogP contribution in [0.2, 0.25) is 5.02 Å². The Kier molecular flexibility index (Phi) is 6.07. The van der Waals surface area contributed by atoms with Crippen LogP contribution in [-0.4, -0.2) is 54.9 Å². The van der Waals surface area contributed by atoms with E-state index in [1.165, 1.54) is 44.1 Å². The second-order valence-corrected chi connectivity index (χ2v) is 10.6. The first-order valence-corrected chi connectivity index (χ1v) is 12.2. The molecule has 0 bridgehead atoms. The highest BCUT2D eigenvalue weighted by Crippen LogP contribution is 2.40. The molecule has 0 saturated heterocycles. The molecule has 162 valence electrons. The maximum absolute atomic E-state index is 12.6. The Hall–Kier alpha value is -2.40. The number of carbonyl (C=O) groups excluding carboxylic acids is 1. The van der Waals surface area contributed by atoms with E-state index in [-0.39, 0.29) is 33.3 Å². The summed E-state index contributed by atoms with van der Waals surface area (Å²) < 4.78 is 25.8. The number of carbonyl (C=O) groups is 1. The topological polar surface area (TPSA) is 94.4 Å². The molecule has 2 aliphatic heterocycles. The summed E-state index contributed by atoms with van der Waals surface area (Å²) in [5, 5.41) is 9.82. The average molecular weight is 478 g/mol. The second-order valence-electron chi connectivity index (χ2n) is 7.11. The van der Waals surface area contributed by atoms with Gasteiger partial charge in [0, 0.05) is 32.3 Å². The number of amides is 1. The lowest BCUT2D eigenvalue weighted by Crippen LogP contribution is -2.29. The number of thioether (sulfide) groups is 1. The Labute approximate surface area is 190 Å². The molecule has 2 aromatic rings. The van der Waals surface area contributed by atoms with Crippen LogP contribution in [0.1, 0.15) is 18.0 Å². The van der Waals surface area contributed by atoms with E-state index in [0.29, 0.717) is 5.17 Å². The van der Waals surface area contributed by atoms with Crippen molar-refractivity contribution in [1.29, 1.82) is 0 Å². The van der Waals surface area contributed by atoms with Crippen molar-refractivity contribution in [3.8, 4) is 0 Å². The van der Waals surface area contributed by atoms with Crippen molar-refractivity contribution in [3.05, 3.63) is 53.1 Å². The van der Waals surface area contributed by atoms with E-state index in [9.17, 15) is 13.2 Å². The van der Waals surface area contributed by atoms with Crippen molar-refractivity contribution < 1.29 is 13.2 Å². The minimum Gasteiger partial charge on any atom is -0.324 e. The molecule has 11 heteroatoms. The van der Waals surface area contributed by atoms with Gasteiger partial charge in [0.15, 0.2) is 5.17 Å². The molecular formula is C20H20ClN5O3S2. The number of rotatable bonds is 5. The van der Waals surface area contributed by atoms with E-state index in [0.717, 1.165) is 22.0 Å². The number of para-hydroxylation sites is 1. The zero-order valence-corrected chi connectivity index (χ0v) is 19.2. The third-order valence-electron chi connectivity index (χ3n) is 4.86. The van der Waals surface area contributed by atoms with Crippen LogP contribution < -0.4 is 5.32 Å². The predicted molar refractivity (Wildman–Crippen MR) is 125 cm³/mol. The number of halogens is 1. The predicted octanol–water partition coefficient (Wildman–Crippen LogP) is 3.70. The number of hydrogen-bond donors (Lipinski definition) is 1. The van der Waals surface area contributed by atoms with Crippen LogP contribution in [0.5, 0.6) is 0 Å². The normalized spacial score (nSPS) is 17.4. The minimum absolute atomic E-state index is 0.0485. The van der Waals surface area contributed by atoms with Gasteiger partial charge >= 0.3 is 0 Å². The third-order valence-corrected chi connectivity index (χ3v) is 7.94. The number of aliphatic imine (C=N–C) groups is 1. The first-order valence-electron chi connectivity index (χ1n) is 9.41. The molecular weight excluding hydrogens is 458 g/mol. The van der Waals surface area contributed by atoms with Gasteiger partial charge in [-0.25, -0.2) is 22.7 Å². The van der Waals surface area contributed by atoms with E-state index in [1.54, 1.807) is 0 Å². The number of benzene rings is 2. The molecule has 1 unspecified atom stereocenters. The van der Waals surface area contributed by atoms with Gasteiger partial charge in [-0.05, 0) is 24.3 Å². The van der Waals surface area contributed by atoms with Gasteiger partial charge in [-0.3, -0.25) is 4.79 Å². The summed E-state index contributed by atoms with van der Waals surface area (Å²) in [6.45, 7) is 0. The van der Waals surface area contributed by atoms with Crippen LogP contribution in [0.25, 0.3) is 0 Å². The fourth-order valence-electron chi connectivity index (χ4n) is 3.27. The van der Waals surface area contributed by atoms with E-state index in [1.807, 2.05) is 35.5 Å². The average Bonchev–Trinajstić information content (AvgIpc) is 3.24. The van der Waals surface area contributed by atoms with Crippen molar-refractivity contribution in [2.45, 2.75) is 17.4 Å². The Bertz CT molecular complexity index is 1200. The van der Waals surface area contributed by atoms with Crippen LogP contribution in [0, 0.1) is 0 Å². The molecule has 31 heavy (non-hydrogen) atoms. The maximum atomic E-state index is 12.6. The quantitative estimate of drug-likeness (QED) is 0.708. The van der Waals surface area contributed by atoms with Crippen molar-refractivity contribution >= 4 is 62.1 Å². The van der Waals surface area contributed by atoms with Gasteiger partial charge in [-0.1, -0.05) is 41.6 Å². The molecule has 2 aliphatic rings. The lowest BCUT2D eigenvalue weighted by Gasteiger charge is -2.29. The summed E-state index contributed by atoms with van der Waals surface area (Å²) in [4.78, 5) is 17.3. The summed E-state index contributed by atoms with van der Waals surface area (Å²) in [6, 6.07) is 12.2. The number of fused-ring (bicyclic) bond motifs is 3. The van der Waals surface area contributed by atoms with Gasteiger partial charge in [0.2, 0.25) is 15.9 Å². The number of nitrogens with one attached hydrogen (secondary N) is 1. The highest BCUT2D eigenvalue weighted by molar-refractivity contribution is 8.14. The zero-order chi connectivity index (χ0) is 22.2. The highest BCUT2D eigenvalue weighted by Gasteiger charge is 2.32. The standard InChI is InChI=1S/C20H20ClN5O3S2/c1-25(2)31(28,29)13-7-8-15(21)17(11-13)23-19(27)12-30-20-24-16-6-4-3-5-14(16)18-9-10-22-26(18)20/h3-8,10-11,18H,9,12H2,1-2H3,(H,23,27). The summed E-state index contributed by atoms with van der Waals surface area (Å²) in [7, 11) is -0.762. The van der Waals surface area contributed by atoms with Crippen LogP contribution in [0.3, 0.4) is 0 Å². The van der Waals surface area contributed by atoms with Gasteiger partial charge in [-0.2, -0.15) is 5.10 Å². The molecule has 2 aromatic carbocycles. The summed E-state index contributed by atoms with van der Waals surface area (Å²) in [6.07, 6.45) is 2.63. The Balaban J connectivity index is 1.48. The molecule has 4 rings (SSSR count). The highest BCUT2D eigenvalue weighted by atomic mass is 35.5. The molecule has 1 atom stereocenters. The number of anilines is 1. The Morgan fingerprint density at radius 1 is 1.29 bits per heavy atom. The molecule has 1 N–H and O–H groups in total. The number of sulfonamides is 1. The van der Waals surface area contributed by atoms with Gasteiger partial charge in [0.25, 0.3) is 0 Å². The molecule has 0 spiro atoms. The number of nitrogens with zero attached hydrogens (tertiary/aromatic N) is 4. The fourth-order valence-corrected chi connectivity index (χ4v) is 5.16. The smallest absolute Gasteiger partial charge is 0.242 e. The number of amidine groups is 1. The van der Waals surface area contributed by atoms with E-state index >= 15 is 0 Å². The van der Waals surface area contributed by atoms with Crippen molar-refractivity contribution in [1.82, 2.24) is 9.31 Å². The molecule has 2 heterocycles. The summed E-state index contributed by atoms with van der Waals surface area (Å²) >= 11 is 7.43. The SMILES string of the molecule is CN(C)S(=O)(=O)c1ccc(Cl)c(NC(=O)CSC2=Nc3ccccc3C3CC=NN23)c1. The van der Waals surface area contributed by atoms with Crippen molar-refractivity contribution in [3.63, 3.8) is 0 Å². The molecule has 1 amide bonds. The maximum Gasteiger partial charge on any atom is 0.242 e. The minimum atomic E-state index is -3.64. The van der Waals surface area contributed by atoms with Gasteiger partial charge < -0.3 is 5.32 Å². The molecule has 8 nitrogen and oxygen atoms in total. The van der Waals surface area contributed by atoms with Crippen LogP contribution >= 0.6 is 23.4 Å². The fraction of sp³-hybridized carbons (Fsp3) is 0.250. The number of hydrogen-bond acceptors (Lipinski definition) is 7. The lowest BCUT2D eigenvalue weighted by atomic mass is 10.0. The van der Waals surface area contributed by atoms with Crippen LogP contribution in [-0.2, 0) is 14.8 Å². The van der Waals surface area contributed by atoms with Gasteiger partial charge in [-0.15, -0.1) is 0 Å². The van der Waals surface area contributed by atoms with Crippen LogP contribution in [0.15, 0.2) is 57.5 Å². The monoisotopic (exact) mass is 477 g/mol. The first-order chi connectivity index (χ1) is 14.8. The summed E-state index contributed by atoms with van der Waals surface area (Å²) in [5.41, 5.74) is 2.23. The van der Waals surface area contributed by atoms with Crippen LogP contribution in [0.4, 0.5) is 11.4 Å². The van der Waals surface area contributed by atoms with Gasteiger partial charge in [0.1, 0.15) is 0 Å².